The molecule has 0 bridgehead atoms. The fourth-order valence-electron chi connectivity index (χ4n) is 1.41. The second kappa shape index (κ2) is 3.66. The van der Waals surface area contributed by atoms with E-state index in [1.54, 1.807) is 0 Å². The Hall–Kier alpha value is -1.36. The normalized spacial score (nSPS) is 10.6. The van der Waals surface area contributed by atoms with Crippen molar-refractivity contribution in [2.45, 2.75) is 6.92 Å². The minimum Gasteiger partial charge on any atom is -0.464 e. The molecule has 2 rings (SSSR count). The van der Waals surface area contributed by atoms with E-state index in [-0.39, 0.29) is 5.69 Å². The van der Waals surface area contributed by atoms with Crippen molar-refractivity contribution in [1.82, 2.24) is 9.97 Å². The number of methoxy groups -OCH3 is 1. The highest BCUT2D eigenvalue weighted by Crippen LogP contribution is 2.22. The smallest absolute Gasteiger partial charge is 0.357 e. The molecule has 5 heteroatoms. The number of nitrogens with zero attached hydrogens (tertiary/aromatic N) is 1. The van der Waals surface area contributed by atoms with E-state index >= 15 is 0 Å². The molecule has 0 fully saturated rings. The molecule has 0 atom stereocenters. The molecule has 0 aliphatic carbocycles. The summed E-state index contributed by atoms with van der Waals surface area (Å²) in [4.78, 5) is 18.6. The fourth-order valence-corrected chi connectivity index (χ4v) is 1.91. The van der Waals surface area contributed by atoms with Crippen molar-refractivity contribution in [2.75, 3.05) is 7.11 Å². The first-order valence-corrected chi connectivity index (χ1v) is 5.15. The third kappa shape index (κ3) is 1.74. The van der Waals surface area contributed by atoms with Gasteiger partial charge in [-0.2, -0.15) is 0 Å². The summed E-state index contributed by atoms with van der Waals surface area (Å²) in [5.74, 6) is -0.448. The third-order valence-electron chi connectivity index (χ3n) is 2.07. The number of carbonyl (C=O) groups is 1. The highest BCUT2D eigenvalue weighted by atomic mass is 79.9. The van der Waals surface area contributed by atoms with E-state index in [2.05, 4.69) is 30.6 Å². The lowest BCUT2D eigenvalue weighted by Gasteiger charge is -2.01. The topological polar surface area (TPSA) is 55.0 Å². The Morgan fingerprint density at radius 2 is 2.27 bits per heavy atom. The molecule has 0 aliphatic heterocycles. The van der Waals surface area contributed by atoms with E-state index in [1.165, 1.54) is 7.11 Å². The number of halogens is 1. The van der Waals surface area contributed by atoms with Gasteiger partial charge in [0.05, 0.1) is 11.6 Å². The predicted molar refractivity (Wildman–Crippen MR) is 59.9 cm³/mol. The first-order chi connectivity index (χ1) is 7.11. The number of esters is 1. The summed E-state index contributed by atoms with van der Waals surface area (Å²) >= 11 is 3.29. The van der Waals surface area contributed by atoms with Crippen molar-refractivity contribution in [3.63, 3.8) is 0 Å². The number of ether oxygens (including phenoxy) is 1. The molecule has 0 spiro atoms. The van der Waals surface area contributed by atoms with Crippen LogP contribution in [0.4, 0.5) is 0 Å². The van der Waals surface area contributed by atoms with Gasteiger partial charge in [0.15, 0.2) is 5.69 Å². The monoisotopic (exact) mass is 268 g/mol. The van der Waals surface area contributed by atoms with Crippen LogP contribution in [0.25, 0.3) is 11.0 Å². The summed E-state index contributed by atoms with van der Waals surface area (Å²) in [5, 5.41) is 0.965. The maximum atomic E-state index is 11.4. The van der Waals surface area contributed by atoms with Gasteiger partial charge in [0.25, 0.3) is 0 Å². The molecule has 0 amide bonds. The lowest BCUT2D eigenvalue weighted by atomic mass is 10.3. The van der Waals surface area contributed by atoms with Crippen LogP contribution in [0.15, 0.2) is 16.6 Å². The van der Waals surface area contributed by atoms with Crippen LogP contribution in [-0.4, -0.2) is 23.0 Å². The number of hydrogen-bond acceptors (Lipinski definition) is 3. The zero-order chi connectivity index (χ0) is 11.0. The van der Waals surface area contributed by atoms with Gasteiger partial charge in [0, 0.05) is 11.1 Å². The van der Waals surface area contributed by atoms with Crippen LogP contribution in [0.5, 0.6) is 0 Å². The van der Waals surface area contributed by atoms with E-state index in [4.69, 9.17) is 0 Å². The van der Waals surface area contributed by atoms with Crippen molar-refractivity contribution >= 4 is 32.9 Å². The Labute approximate surface area is 94.8 Å². The van der Waals surface area contributed by atoms with Crippen molar-refractivity contribution in [2.24, 2.45) is 0 Å². The van der Waals surface area contributed by atoms with E-state index in [0.29, 0.717) is 10.1 Å². The molecule has 15 heavy (non-hydrogen) atoms. The first kappa shape index (κ1) is 10.2. The molecular formula is C10H9BrN2O2. The molecule has 0 aliphatic rings. The quantitative estimate of drug-likeness (QED) is 0.809. The van der Waals surface area contributed by atoms with Crippen LogP contribution in [0.2, 0.25) is 0 Å². The van der Waals surface area contributed by atoms with Crippen molar-refractivity contribution < 1.29 is 9.53 Å². The SMILES string of the molecule is COC(=O)c1nc2[nH]c(C)cc2cc1Br. The lowest BCUT2D eigenvalue weighted by molar-refractivity contribution is 0.0593. The number of hydrogen-bond donors (Lipinski definition) is 1. The maximum Gasteiger partial charge on any atom is 0.357 e. The van der Waals surface area contributed by atoms with Crippen molar-refractivity contribution in [3.8, 4) is 0 Å². The number of aromatic nitrogens is 2. The predicted octanol–water partition coefficient (Wildman–Crippen LogP) is 2.42. The molecule has 2 aromatic heterocycles. The maximum absolute atomic E-state index is 11.4. The molecule has 2 aromatic rings. The van der Waals surface area contributed by atoms with Crippen LogP contribution >= 0.6 is 15.9 Å². The van der Waals surface area contributed by atoms with Crippen LogP contribution in [0.3, 0.4) is 0 Å². The minimum atomic E-state index is -0.448. The fraction of sp³-hybridized carbons (Fsp3) is 0.200. The summed E-state index contributed by atoms with van der Waals surface area (Å²) in [7, 11) is 1.33. The molecular weight excluding hydrogens is 260 g/mol. The number of H-pyrrole nitrogens is 1. The average molecular weight is 269 g/mol. The molecule has 0 unspecified atom stereocenters. The standard InChI is InChI=1S/C10H9BrN2O2/c1-5-3-6-4-7(11)8(10(14)15-2)13-9(6)12-5/h3-4H,1-2H3,(H,12,13). The largest absolute Gasteiger partial charge is 0.464 e. The van der Waals surface area contributed by atoms with Crippen LogP contribution < -0.4 is 0 Å². The van der Waals surface area contributed by atoms with Gasteiger partial charge in [-0.15, -0.1) is 0 Å². The van der Waals surface area contributed by atoms with Crippen LogP contribution in [-0.2, 0) is 4.74 Å². The summed E-state index contributed by atoms with van der Waals surface area (Å²) < 4.78 is 5.27. The second-order valence-electron chi connectivity index (χ2n) is 3.20. The third-order valence-corrected chi connectivity index (χ3v) is 2.68. The number of rotatable bonds is 1. The summed E-state index contributed by atoms with van der Waals surface area (Å²) in [5.41, 5.74) is 1.98. The van der Waals surface area contributed by atoms with E-state index in [1.807, 2.05) is 19.1 Å². The van der Waals surface area contributed by atoms with E-state index in [0.717, 1.165) is 11.1 Å². The Balaban J connectivity index is 2.66. The summed E-state index contributed by atoms with van der Waals surface area (Å²) in [6, 6.07) is 3.81. The molecule has 1 N–H and O–H groups in total. The van der Waals surface area contributed by atoms with Crippen molar-refractivity contribution in [1.29, 1.82) is 0 Å². The van der Waals surface area contributed by atoms with E-state index < -0.39 is 5.97 Å². The zero-order valence-electron chi connectivity index (χ0n) is 8.30. The molecule has 4 nitrogen and oxygen atoms in total. The van der Waals surface area contributed by atoms with Gasteiger partial charge in [-0.25, -0.2) is 9.78 Å². The van der Waals surface area contributed by atoms with Gasteiger partial charge < -0.3 is 9.72 Å². The van der Waals surface area contributed by atoms with Gasteiger partial charge in [-0.3, -0.25) is 0 Å². The highest BCUT2D eigenvalue weighted by molar-refractivity contribution is 9.10. The summed E-state index contributed by atoms with van der Waals surface area (Å²) in [6.45, 7) is 1.94. The second-order valence-corrected chi connectivity index (χ2v) is 4.05. The van der Waals surface area contributed by atoms with Gasteiger partial charge in [-0.05, 0) is 35.0 Å². The van der Waals surface area contributed by atoms with Crippen LogP contribution in [0, 0.1) is 6.92 Å². The zero-order valence-corrected chi connectivity index (χ0v) is 9.88. The number of pyridine rings is 1. The molecule has 78 valence electrons. The first-order valence-electron chi connectivity index (χ1n) is 4.36. The molecule has 0 saturated heterocycles. The Bertz CT molecular complexity index is 533. The molecule has 0 saturated carbocycles. The van der Waals surface area contributed by atoms with Gasteiger partial charge in [0.1, 0.15) is 5.65 Å². The Morgan fingerprint density at radius 1 is 1.53 bits per heavy atom. The summed E-state index contributed by atoms with van der Waals surface area (Å²) in [6.07, 6.45) is 0. The number of aromatic amines is 1. The number of nitrogens with one attached hydrogen (secondary N) is 1. The number of fused-ring (bicyclic) bond motifs is 1. The highest BCUT2D eigenvalue weighted by Gasteiger charge is 2.14. The minimum absolute atomic E-state index is 0.284. The van der Waals surface area contributed by atoms with Crippen molar-refractivity contribution in [3.05, 3.63) is 28.0 Å². The Kier molecular flexibility index (Phi) is 2.48. The van der Waals surface area contributed by atoms with Gasteiger partial charge in [-0.1, -0.05) is 0 Å². The number of carbonyl (C=O) groups excluding carboxylic acids is 1. The van der Waals surface area contributed by atoms with Gasteiger partial charge >= 0.3 is 5.97 Å². The van der Waals surface area contributed by atoms with Gasteiger partial charge in [0.2, 0.25) is 0 Å². The Morgan fingerprint density at radius 3 is 2.93 bits per heavy atom. The molecule has 0 radical (unpaired) electrons. The van der Waals surface area contributed by atoms with E-state index in [9.17, 15) is 4.79 Å². The molecule has 2 heterocycles. The average Bonchev–Trinajstić information content (AvgIpc) is 2.55. The number of aryl methyl sites for hydroxylation is 1. The lowest BCUT2D eigenvalue weighted by Crippen LogP contribution is -2.05. The van der Waals surface area contributed by atoms with Crippen LogP contribution in [0.1, 0.15) is 16.2 Å². The molecule has 0 aromatic carbocycles.